The maximum Gasteiger partial charge on any atom is 0.135 e. The van der Waals surface area contributed by atoms with Crippen LogP contribution in [0.5, 0.6) is 0 Å². The van der Waals surface area contributed by atoms with E-state index < -0.39 is 0 Å². The second-order valence-corrected chi connectivity index (χ2v) is 5.10. The third kappa shape index (κ3) is 2.86. The molecule has 0 spiro atoms. The maximum atomic E-state index is 8.90. The van der Waals surface area contributed by atoms with E-state index in [1.165, 1.54) is 0 Å². The number of para-hydroxylation sites is 1. The minimum Gasteiger partial charge on any atom is -0.325 e. The van der Waals surface area contributed by atoms with Crippen LogP contribution in [0.3, 0.4) is 0 Å². The van der Waals surface area contributed by atoms with Crippen molar-refractivity contribution < 1.29 is 0 Å². The summed E-state index contributed by atoms with van der Waals surface area (Å²) in [7, 11) is 1.94. The number of hydrogen-bond acceptors (Lipinski definition) is 3. The van der Waals surface area contributed by atoms with Crippen LogP contribution in [0.25, 0.3) is 0 Å². The second-order valence-electron chi connectivity index (χ2n) is 4.54. The number of rotatable bonds is 5. The van der Waals surface area contributed by atoms with E-state index >= 15 is 0 Å². The quantitative estimate of drug-likeness (QED) is 0.784. The van der Waals surface area contributed by atoms with Crippen LogP contribution in [-0.4, -0.2) is 16.3 Å². The van der Waals surface area contributed by atoms with Gasteiger partial charge in [-0.15, -0.1) is 0 Å². The summed E-state index contributed by atoms with van der Waals surface area (Å²) in [6.45, 7) is 2.66. The van der Waals surface area contributed by atoms with Gasteiger partial charge in [-0.1, -0.05) is 34.1 Å². The topological polar surface area (TPSA) is 44.9 Å². The van der Waals surface area contributed by atoms with Crippen LogP contribution >= 0.6 is 15.9 Å². The normalized spacial score (nSPS) is 10.3. The zero-order chi connectivity index (χ0) is 14.5. The standard InChI is InChI=1S/C15H17BrN4/c1-12-14(11-16)15(19(2)18-12)20(10-6-9-17)13-7-4-3-5-8-13/h3-5,7-8H,6,10-11H2,1-2H3. The van der Waals surface area contributed by atoms with Gasteiger partial charge in [0.2, 0.25) is 0 Å². The van der Waals surface area contributed by atoms with E-state index in [4.69, 9.17) is 5.26 Å². The van der Waals surface area contributed by atoms with Gasteiger partial charge < -0.3 is 4.90 Å². The lowest BCUT2D eigenvalue weighted by Gasteiger charge is -2.25. The van der Waals surface area contributed by atoms with Crippen molar-refractivity contribution in [2.75, 3.05) is 11.4 Å². The number of aromatic nitrogens is 2. The van der Waals surface area contributed by atoms with Crippen LogP contribution in [0, 0.1) is 18.3 Å². The third-order valence-electron chi connectivity index (χ3n) is 3.22. The van der Waals surface area contributed by atoms with Gasteiger partial charge in [-0.25, -0.2) is 0 Å². The minimum absolute atomic E-state index is 0.473. The van der Waals surface area contributed by atoms with E-state index in [0.29, 0.717) is 13.0 Å². The number of nitrogens with zero attached hydrogens (tertiary/aromatic N) is 4. The van der Waals surface area contributed by atoms with Gasteiger partial charge in [-0.2, -0.15) is 10.4 Å². The molecule has 0 fully saturated rings. The smallest absolute Gasteiger partial charge is 0.135 e. The van der Waals surface area contributed by atoms with Crippen LogP contribution in [0.4, 0.5) is 11.5 Å². The summed E-state index contributed by atoms with van der Waals surface area (Å²) in [5.41, 5.74) is 3.25. The number of alkyl halides is 1. The summed E-state index contributed by atoms with van der Waals surface area (Å²) in [5.74, 6) is 1.04. The highest BCUT2D eigenvalue weighted by molar-refractivity contribution is 9.08. The summed E-state index contributed by atoms with van der Waals surface area (Å²) >= 11 is 3.54. The molecule has 0 bridgehead atoms. The lowest BCUT2D eigenvalue weighted by molar-refractivity contribution is 0.737. The molecule has 0 atom stereocenters. The largest absolute Gasteiger partial charge is 0.325 e. The summed E-state index contributed by atoms with van der Waals surface area (Å²) in [4.78, 5) is 2.15. The van der Waals surface area contributed by atoms with Gasteiger partial charge in [0.05, 0.1) is 18.2 Å². The Morgan fingerprint density at radius 2 is 2.05 bits per heavy atom. The molecule has 5 heteroatoms. The highest BCUT2D eigenvalue weighted by Crippen LogP contribution is 2.31. The molecule has 0 aliphatic carbocycles. The van der Waals surface area contributed by atoms with Gasteiger partial charge in [0.15, 0.2) is 0 Å². The Bertz CT molecular complexity index is 613. The second kappa shape index (κ2) is 6.58. The van der Waals surface area contributed by atoms with Crippen molar-refractivity contribution in [2.24, 2.45) is 7.05 Å². The molecule has 0 radical (unpaired) electrons. The highest BCUT2D eigenvalue weighted by Gasteiger charge is 2.19. The van der Waals surface area contributed by atoms with Crippen LogP contribution in [0.1, 0.15) is 17.7 Å². The van der Waals surface area contributed by atoms with Crippen molar-refractivity contribution in [1.82, 2.24) is 9.78 Å². The molecule has 1 heterocycles. The Morgan fingerprint density at radius 1 is 1.35 bits per heavy atom. The van der Waals surface area contributed by atoms with Crippen molar-refractivity contribution >= 4 is 27.4 Å². The van der Waals surface area contributed by atoms with Gasteiger partial charge in [-0.05, 0) is 19.1 Å². The molecule has 1 aromatic carbocycles. The molecule has 0 aliphatic rings. The molecule has 0 unspecified atom stereocenters. The first-order chi connectivity index (χ1) is 9.69. The first kappa shape index (κ1) is 14.6. The zero-order valence-electron chi connectivity index (χ0n) is 11.7. The minimum atomic E-state index is 0.473. The molecule has 0 N–H and O–H groups in total. The fourth-order valence-electron chi connectivity index (χ4n) is 2.31. The van der Waals surface area contributed by atoms with Crippen LogP contribution in [0.15, 0.2) is 30.3 Å². The molecular formula is C15H17BrN4. The molecule has 20 heavy (non-hydrogen) atoms. The van der Waals surface area contributed by atoms with E-state index in [0.717, 1.165) is 28.1 Å². The summed E-state index contributed by atoms with van der Waals surface area (Å²) < 4.78 is 1.89. The molecule has 2 rings (SSSR count). The monoisotopic (exact) mass is 332 g/mol. The average molecular weight is 333 g/mol. The lowest BCUT2D eigenvalue weighted by Crippen LogP contribution is -2.22. The van der Waals surface area contributed by atoms with Crippen molar-refractivity contribution in [3.05, 3.63) is 41.6 Å². The molecular weight excluding hydrogens is 316 g/mol. The number of nitriles is 1. The summed E-state index contributed by atoms with van der Waals surface area (Å²) in [5, 5.41) is 14.1. The molecule has 1 aromatic heterocycles. The Hall–Kier alpha value is -1.80. The van der Waals surface area contributed by atoms with E-state index in [1.54, 1.807) is 0 Å². The average Bonchev–Trinajstić information content (AvgIpc) is 2.75. The number of anilines is 2. The van der Waals surface area contributed by atoms with E-state index in [-0.39, 0.29) is 0 Å². The van der Waals surface area contributed by atoms with Gasteiger partial charge in [0.1, 0.15) is 5.82 Å². The molecule has 104 valence electrons. The number of benzene rings is 1. The van der Waals surface area contributed by atoms with E-state index in [1.807, 2.05) is 36.9 Å². The van der Waals surface area contributed by atoms with Gasteiger partial charge in [-0.3, -0.25) is 4.68 Å². The van der Waals surface area contributed by atoms with Gasteiger partial charge in [0.25, 0.3) is 0 Å². The van der Waals surface area contributed by atoms with E-state index in [9.17, 15) is 0 Å². The molecule has 2 aromatic rings. The zero-order valence-corrected chi connectivity index (χ0v) is 13.3. The summed E-state index contributed by atoms with van der Waals surface area (Å²) in [6.07, 6.45) is 0.473. The lowest BCUT2D eigenvalue weighted by atomic mass is 10.2. The van der Waals surface area contributed by atoms with E-state index in [2.05, 4.69) is 44.1 Å². The predicted octanol–water partition coefficient (Wildman–Crippen LogP) is 3.68. The number of hydrogen-bond donors (Lipinski definition) is 0. The molecule has 0 saturated carbocycles. The highest BCUT2D eigenvalue weighted by atomic mass is 79.9. The van der Waals surface area contributed by atoms with Crippen LogP contribution in [-0.2, 0) is 12.4 Å². The Kier molecular flexibility index (Phi) is 4.80. The Morgan fingerprint density at radius 3 is 2.65 bits per heavy atom. The molecule has 0 aliphatic heterocycles. The third-order valence-corrected chi connectivity index (χ3v) is 3.78. The van der Waals surface area contributed by atoms with Gasteiger partial charge in [0, 0.05) is 30.2 Å². The summed E-state index contributed by atoms with van der Waals surface area (Å²) in [6, 6.07) is 12.3. The van der Waals surface area contributed by atoms with Crippen molar-refractivity contribution in [1.29, 1.82) is 5.26 Å². The van der Waals surface area contributed by atoms with Crippen molar-refractivity contribution in [2.45, 2.75) is 18.7 Å². The SMILES string of the molecule is Cc1nn(C)c(N(CCC#N)c2ccccc2)c1CBr. The number of aryl methyl sites for hydroxylation is 2. The van der Waals surface area contributed by atoms with Gasteiger partial charge >= 0.3 is 0 Å². The molecule has 0 amide bonds. The van der Waals surface area contributed by atoms with Crippen molar-refractivity contribution in [3.63, 3.8) is 0 Å². The number of halogens is 1. The molecule has 0 saturated heterocycles. The first-order valence-corrected chi connectivity index (χ1v) is 7.59. The van der Waals surface area contributed by atoms with Crippen LogP contribution in [0.2, 0.25) is 0 Å². The molecule has 4 nitrogen and oxygen atoms in total. The maximum absolute atomic E-state index is 8.90. The van der Waals surface area contributed by atoms with Crippen molar-refractivity contribution in [3.8, 4) is 6.07 Å². The Balaban J connectivity index is 2.50. The predicted molar refractivity (Wildman–Crippen MR) is 84.3 cm³/mol. The first-order valence-electron chi connectivity index (χ1n) is 6.47. The fourth-order valence-corrected chi connectivity index (χ4v) is 2.97. The fraction of sp³-hybridized carbons (Fsp3) is 0.333. The Labute approximate surface area is 127 Å². The van der Waals surface area contributed by atoms with Crippen LogP contribution < -0.4 is 4.90 Å².